The number of aliphatic carboxylic acids is 1. The summed E-state index contributed by atoms with van der Waals surface area (Å²) in [6.07, 6.45) is 1.71. The van der Waals surface area contributed by atoms with Crippen molar-refractivity contribution in [1.29, 1.82) is 0 Å². The minimum absolute atomic E-state index is 0.128. The zero-order valence-electron chi connectivity index (χ0n) is 13.9. The highest BCUT2D eigenvalue weighted by Gasteiger charge is 2.38. The van der Waals surface area contributed by atoms with Gasteiger partial charge in [-0.15, -0.1) is 0 Å². The first-order valence-electron chi connectivity index (χ1n) is 8.46. The van der Waals surface area contributed by atoms with Gasteiger partial charge in [0.25, 0.3) is 0 Å². The smallest absolute Gasteiger partial charge is 0.308 e. The number of amides is 1. The zero-order chi connectivity index (χ0) is 18.0. The highest BCUT2D eigenvalue weighted by molar-refractivity contribution is 7.89. The number of hydrogen-bond donors (Lipinski definition) is 1. The van der Waals surface area contributed by atoms with Crippen molar-refractivity contribution in [1.82, 2.24) is 9.21 Å². The number of benzene rings is 1. The largest absolute Gasteiger partial charge is 0.481 e. The maximum atomic E-state index is 12.7. The molecule has 2 aliphatic heterocycles. The maximum absolute atomic E-state index is 12.7. The number of carbonyl (C=O) groups excluding carboxylic acids is 1. The van der Waals surface area contributed by atoms with Crippen LogP contribution in [0.5, 0.6) is 0 Å². The first-order chi connectivity index (χ1) is 11.9. The first-order valence-corrected chi connectivity index (χ1v) is 9.90. The zero-order valence-corrected chi connectivity index (χ0v) is 14.7. The summed E-state index contributed by atoms with van der Waals surface area (Å²) in [5.74, 6) is -1.93. The Labute approximate surface area is 147 Å². The van der Waals surface area contributed by atoms with Gasteiger partial charge in [0.15, 0.2) is 0 Å². The summed E-state index contributed by atoms with van der Waals surface area (Å²) >= 11 is 0. The summed E-state index contributed by atoms with van der Waals surface area (Å²) in [6, 6.07) is 8.22. The van der Waals surface area contributed by atoms with Crippen molar-refractivity contribution < 1.29 is 23.1 Å². The summed E-state index contributed by atoms with van der Waals surface area (Å²) in [4.78, 5) is 25.6. The summed E-state index contributed by atoms with van der Waals surface area (Å²) in [5.41, 5.74) is 0. The van der Waals surface area contributed by atoms with Crippen molar-refractivity contribution in [3.63, 3.8) is 0 Å². The molecule has 136 valence electrons. The molecule has 1 aromatic rings. The lowest BCUT2D eigenvalue weighted by Crippen LogP contribution is -2.46. The summed E-state index contributed by atoms with van der Waals surface area (Å²) in [6.45, 7) is 1.21. The van der Waals surface area contributed by atoms with Gasteiger partial charge in [-0.2, -0.15) is 4.31 Å². The van der Waals surface area contributed by atoms with E-state index < -0.39 is 27.8 Å². The number of piperidine rings is 1. The monoisotopic (exact) mass is 366 g/mol. The van der Waals surface area contributed by atoms with Gasteiger partial charge in [0.05, 0.1) is 16.7 Å². The molecular weight excluding hydrogens is 344 g/mol. The molecule has 2 unspecified atom stereocenters. The van der Waals surface area contributed by atoms with Crippen LogP contribution in [0.3, 0.4) is 0 Å². The average molecular weight is 366 g/mol. The SMILES string of the molecule is O=C(O)C1CCN(C(=O)C2CCCN(S(=O)(=O)c3ccccc3)C2)C1. The van der Waals surface area contributed by atoms with Gasteiger partial charge in [0.1, 0.15) is 0 Å². The van der Waals surface area contributed by atoms with Crippen molar-refractivity contribution in [3.05, 3.63) is 30.3 Å². The Kier molecular flexibility index (Phi) is 5.10. The van der Waals surface area contributed by atoms with Crippen LogP contribution in [0.15, 0.2) is 35.2 Å². The Hall–Kier alpha value is -1.93. The minimum Gasteiger partial charge on any atom is -0.481 e. The molecule has 2 fully saturated rings. The molecule has 0 saturated carbocycles. The molecule has 2 saturated heterocycles. The first kappa shape index (κ1) is 17.9. The Morgan fingerprint density at radius 3 is 2.36 bits per heavy atom. The van der Waals surface area contributed by atoms with Gasteiger partial charge in [-0.25, -0.2) is 8.42 Å². The molecular formula is C17H22N2O5S. The van der Waals surface area contributed by atoms with Gasteiger partial charge < -0.3 is 10.0 Å². The number of carboxylic acid groups (broad SMARTS) is 1. The summed E-state index contributed by atoms with van der Waals surface area (Å²) in [7, 11) is -3.61. The Bertz CT molecular complexity index is 750. The van der Waals surface area contributed by atoms with Crippen LogP contribution in [-0.2, 0) is 19.6 Å². The van der Waals surface area contributed by atoms with Gasteiger partial charge in [-0.05, 0) is 31.4 Å². The van der Waals surface area contributed by atoms with Crippen LogP contribution in [0, 0.1) is 11.8 Å². The minimum atomic E-state index is -3.61. The molecule has 0 radical (unpaired) electrons. The number of sulfonamides is 1. The lowest BCUT2D eigenvalue weighted by Gasteiger charge is -2.33. The molecule has 8 heteroatoms. The van der Waals surface area contributed by atoms with Gasteiger partial charge in [0.2, 0.25) is 15.9 Å². The van der Waals surface area contributed by atoms with Crippen LogP contribution in [0.4, 0.5) is 0 Å². The number of carbonyl (C=O) groups is 2. The molecule has 7 nitrogen and oxygen atoms in total. The van der Waals surface area contributed by atoms with E-state index in [4.69, 9.17) is 5.11 Å². The van der Waals surface area contributed by atoms with E-state index in [0.717, 1.165) is 0 Å². The van der Waals surface area contributed by atoms with Crippen molar-refractivity contribution in [3.8, 4) is 0 Å². The predicted octanol–water partition coefficient (Wildman–Crippen LogP) is 1.02. The van der Waals surface area contributed by atoms with E-state index in [0.29, 0.717) is 32.4 Å². The molecule has 1 amide bonds. The molecule has 0 aromatic heterocycles. The summed E-state index contributed by atoms with van der Waals surface area (Å²) in [5, 5.41) is 9.07. The van der Waals surface area contributed by atoms with Crippen molar-refractivity contribution >= 4 is 21.9 Å². The second kappa shape index (κ2) is 7.13. The third-order valence-corrected chi connectivity index (χ3v) is 6.84. The van der Waals surface area contributed by atoms with Gasteiger partial charge >= 0.3 is 5.97 Å². The normalized spacial score (nSPS) is 25.0. The third-order valence-electron chi connectivity index (χ3n) is 4.96. The van der Waals surface area contributed by atoms with E-state index in [1.54, 1.807) is 35.2 Å². The van der Waals surface area contributed by atoms with Gasteiger partial charge in [-0.3, -0.25) is 9.59 Å². The second-order valence-corrected chi connectivity index (χ2v) is 8.56. The van der Waals surface area contributed by atoms with Crippen molar-refractivity contribution in [2.24, 2.45) is 11.8 Å². The fourth-order valence-corrected chi connectivity index (χ4v) is 5.07. The van der Waals surface area contributed by atoms with E-state index in [-0.39, 0.29) is 23.9 Å². The lowest BCUT2D eigenvalue weighted by molar-refractivity contribution is -0.141. The quantitative estimate of drug-likeness (QED) is 0.858. The molecule has 0 bridgehead atoms. The molecule has 2 atom stereocenters. The van der Waals surface area contributed by atoms with Crippen molar-refractivity contribution in [2.45, 2.75) is 24.2 Å². The lowest BCUT2D eigenvalue weighted by atomic mass is 9.98. The predicted molar refractivity (Wildman–Crippen MR) is 90.2 cm³/mol. The highest BCUT2D eigenvalue weighted by Crippen LogP contribution is 2.27. The Morgan fingerprint density at radius 2 is 1.72 bits per heavy atom. The molecule has 2 heterocycles. The fourth-order valence-electron chi connectivity index (χ4n) is 3.52. The van der Waals surface area contributed by atoms with E-state index in [1.807, 2.05) is 0 Å². The number of rotatable bonds is 4. The van der Waals surface area contributed by atoms with Crippen LogP contribution in [0.1, 0.15) is 19.3 Å². The molecule has 0 spiro atoms. The standard InChI is InChI=1S/C17H22N2O5S/c20-16(18-10-8-14(11-18)17(21)22)13-5-4-9-19(12-13)25(23,24)15-6-2-1-3-7-15/h1-3,6-7,13-14H,4-5,8-12H2,(H,21,22). The second-order valence-electron chi connectivity index (χ2n) is 6.62. The van der Waals surface area contributed by atoms with E-state index in [2.05, 4.69) is 0 Å². The average Bonchev–Trinajstić information content (AvgIpc) is 3.12. The molecule has 2 aliphatic rings. The van der Waals surface area contributed by atoms with Gasteiger partial charge in [-0.1, -0.05) is 18.2 Å². The van der Waals surface area contributed by atoms with Crippen LogP contribution in [0.25, 0.3) is 0 Å². The Morgan fingerprint density at radius 1 is 1.00 bits per heavy atom. The molecule has 1 N–H and O–H groups in total. The molecule has 25 heavy (non-hydrogen) atoms. The topological polar surface area (TPSA) is 95.0 Å². The number of nitrogens with zero attached hydrogens (tertiary/aromatic N) is 2. The van der Waals surface area contributed by atoms with E-state index in [1.165, 1.54) is 4.31 Å². The van der Waals surface area contributed by atoms with Gasteiger partial charge in [0, 0.05) is 26.2 Å². The number of likely N-dealkylation sites (tertiary alicyclic amines) is 1. The van der Waals surface area contributed by atoms with Crippen LogP contribution < -0.4 is 0 Å². The fraction of sp³-hybridized carbons (Fsp3) is 0.529. The number of carboxylic acids is 1. The molecule has 1 aromatic carbocycles. The highest BCUT2D eigenvalue weighted by atomic mass is 32.2. The van der Waals surface area contributed by atoms with Crippen molar-refractivity contribution in [2.75, 3.05) is 26.2 Å². The van der Waals surface area contributed by atoms with E-state index >= 15 is 0 Å². The van der Waals surface area contributed by atoms with Crippen LogP contribution in [0.2, 0.25) is 0 Å². The van der Waals surface area contributed by atoms with Crippen LogP contribution in [-0.4, -0.2) is 60.8 Å². The third kappa shape index (κ3) is 3.69. The molecule has 3 rings (SSSR count). The van der Waals surface area contributed by atoms with E-state index in [9.17, 15) is 18.0 Å². The molecule has 0 aliphatic carbocycles. The summed E-state index contributed by atoms with van der Waals surface area (Å²) < 4.78 is 26.9. The van der Waals surface area contributed by atoms with Crippen LogP contribution >= 0.6 is 0 Å². The maximum Gasteiger partial charge on any atom is 0.308 e. The number of hydrogen-bond acceptors (Lipinski definition) is 4. The Balaban J connectivity index is 1.69.